The fraction of sp³-hybridized carbons (Fsp3) is 0.381. The molecule has 0 atom stereocenters. The number of rotatable bonds is 5. The maximum Gasteiger partial charge on any atom is 0.251 e. The minimum atomic E-state index is -0.0547. The summed E-state index contributed by atoms with van der Waals surface area (Å²) in [4.78, 5) is 16.6. The lowest BCUT2D eigenvalue weighted by Crippen LogP contribution is -2.22. The monoisotopic (exact) mass is 348 g/mol. The average Bonchev–Trinajstić information content (AvgIpc) is 3.33. The van der Waals surface area contributed by atoms with Crippen LogP contribution in [0.4, 0.5) is 0 Å². The van der Waals surface area contributed by atoms with E-state index in [-0.39, 0.29) is 5.91 Å². The summed E-state index contributed by atoms with van der Waals surface area (Å²) in [7, 11) is 0. The van der Waals surface area contributed by atoms with Gasteiger partial charge in [-0.1, -0.05) is 25.8 Å². The van der Waals surface area contributed by atoms with E-state index in [1.165, 1.54) is 31.1 Å². The summed E-state index contributed by atoms with van der Waals surface area (Å²) in [6, 6.07) is 10.2. The zero-order chi connectivity index (χ0) is 17.9. The van der Waals surface area contributed by atoms with Crippen molar-refractivity contribution < 1.29 is 4.79 Å². The second kappa shape index (κ2) is 7.28. The van der Waals surface area contributed by atoms with Crippen molar-refractivity contribution in [3.63, 3.8) is 0 Å². The number of fused-ring (bicyclic) bond motifs is 1. The molecular weight excluding hydrogens is 324 g/mol. The highest BCUT2D eigenvalue weighted by atomic mass is 16.1. The van der Waals surface area contributed by atoms with Gasteiger partial charge in [0.2, 0.25) is 0 Å². The van der Waals surface area contributed by atoms with Crippen molar-refractivity contribution in [3.8, 4) is 0 Å². The van der Waals surface area contributed by atoms with Crippen molar-refractivity contribution >= 4 is 16.8 Å². The SMILES string of the molecule is CCc1nn(C2CCCC2)c2cc(C(=O)NCc3ccncc3)ccc12. The largest absolute Gasteiger partial charge is 0.348 e. The van der Waals surface area contributed by atoms with Gasteiger partial charge in [0.25, 0.3) is 5.91 Å². The standard InChI is InChI=1S/C21H24N4O/c1-2-19-18-8-7-16(21(26)23-14-15-9-11-22-12-10-15)13-20(18)25(24-19)17-5-3-4-6-17/h7-13,17H,2-6,14H2,1H3,(H,23,26). The van der Waals surface area contributed by atoms with Gasteiger partial charge in [0.1, 0.15) is 0 Å². The third-order valence-corrected chi connectivity index (χ3v) is 5.25. The number of carbonyl (C=O) groups excluding carboxylic acids is 1. The predicted octanol–water partition coefficient (Wildman–Crippen LogP) is 4.04. The zero-order valence-corrected chi connectivity index (χ0v) is 15.1. The molecule has 1 aliphatic rings. The van der Waals surface area contributed by atoms with Crippen LogP contribution in [0.1, 0.15) is 60.3 Å². The normalized spacial score (nSPS) is 14.8. The molecule has 1 aliphatic carbocycles. The molecule has 2 aromatic heterocycles. The number of pyridine rings is 1. The van der Waals surface area contributed by atoms with Crippen LogP contribution in [-0.2, 0) is 13.0 Å². The first-order valence-corrected chi connectivity index (χ1v) is 9.44. The number of hydrogen-bond donors (Lipinski definition) is 1. The molecule has 0 radical (unpaired) electrons. The Bertz CT molecular complexity index is 910. The van der Waals surface area contributed by atoms with Gasteiger partial charge in [-0.2, -0.15) is 5.10 Å². The second-order valence-electron chi connectivity index (χ2n) is 6.95. The van der Waals surface area contributed by atoms with Crippen molar-refractivity contribution in [1.29, 1.82) is 0 Å². The van der Waals surface area contributed by atoms with E-state index in [4.69, 9.17) is 5.10 Å². The molecule has 134 valence electrons. The molecule has 0 aliphatic heterocycles. The maximum atomic E-state index is 12.6. The quantitative estimate of drug-likeness (QED) is 0.757. The van der Waals surface area contributed by atoms with Gasteiger partial charge in [-0.25, -0.2) is 0 Å². The molecular formula is C21H24N4O. The van der Waals surface area contributed by atoms with Gasteiger partial charge < -0.3 is 5.32 Å². The Labute approximate surface area is 153 Å². The third kappa shape index (κ3) is 3.21. The van der Waals surface area contributed by atoms with Gasteiger partial charge in [-0.3, -0.25) is 14.5 Å². The van der Waals surface area contributed by atoms with Gasteiger partial charge >= 0.3 is 0 Å². The van der Waals surface area contributed by atoms with Crippen molar-refractivity contribution in [2.75, 3.05) is 0 Å². The number of nitrogens with one attached hydrogen (secondary N) is 1. The van der Waals surface area contributed by atoms with Gasteiger partial charge in [0, 0.05) is 29.9 Å². The summed E-state index contributed by atoms with van der Waals surface area (Å²) in [5.41, 5.74) is 3.94. The molecule has 1 aromatic carbocycles. The molecule has 0 saturated heterocycles. The molecule has 4 rings (SSSR count). The van der Waals surface area contributed by atoms with E-state index in [9.17, 15) is 4.79 Å². The summed E-state index contributed by atoms with van der Waals surface area (Å²) in [6.45, 7) is 2.64. The predicted molar refractivity (Wildman–Crippen MR) is 102 cm³/mol. The van der Waals surface area contributed by atoms with Gasteiger partial charge in [-0.15, -0.1) is 0 Å². The Morgan fingerprint density at radius 1 is 1.19 bits per heavy atom. The molecule has 1 fully saturated rings. The lowest BCUT2D eigenvalue weighted by atomic mass is 10.1. The van der Waals surface area contributed by atoms with Crippen LogP contribution in [0, 0.1) is 0 Å². The molecule has 0 spiro atoms. The fourth-order valence-electron chi connectivity index (χ4n) is 3.82. The first-order valence-electron chi connectivity index (χ1n) is 9.44. The number of benzene rings is 1. The van der Waals surface area contributed by atoms with Crippen LogP contribution >= 0.6 is 0 Å². The van der Waals surface area contributed by atoms with Crippen molar-refractivity contribution in [3.05, 3.63) is 59.5 Å². The second-order valence-corrected chi connectivity index (χ2v) is 6.95. The highest BCUT2D eigenvalue weighted by molar-refractivity contribution is 5.98. The van der Waals surface area contributed by atoms with Gasteiger partial charge in [0.05, 0.1) is 17.3 Å². The lowest BCUT2D eigenvalue weighted by Gasteiger charge is -2.12. The number of aromatic nitrogens is 3. The molecule has 26 heavy (non-hydrogen) atoms. The van der Waals surface area contributed by atoms with Crippen LogP contribution in [0.2, 0.25) is 0 Å². The van der Waals surface area contributed by atoms with Gasteiger partial charge in [-0.05, 0) is 49.1 Å². The Hall–Kier alpha value is -2.69. The van der Waals surface area contributed by atoms with Crippen molar-refractivity contribution in [1.82, 2.24) is 20.1 Å². The molecule has 1 N–H and O–H groups in total. The molecule has 0 bridgehead atoms. The zero-order valence-electron chi connectivity index (χ0n) is 15.1. The average molecular weight is 348 g/mol. The Kier molecular flexibility index (Phi) is 4.69. The van der Waals surface area contributed by atoms with E-state index >= 15 is 0 Å². The van der Waals surface area contributed by atoms with E-state index in [1.807, 2.05) is 30.3 Å². The van der Waals surface area contributed by atoms with E-state index in [0.717, 1.165) is 23.2 Å². The molecule has 5 nitrogen and oxygen atoms in total. The number of carbonyl (C=O) groups is 1. The Balaban J connectivity index is 1.61. The number of nitrogens with zero attached hydrogens (tertiary/aromatic N) is 3. The van der Waals surface area contributed by atoms with Crippen LogP contribution in [0.25, 0.3) is 10.9 Å². The van der Waals surface area contributed by atoms with E-state index in [1.54, 1.807) is 12.4 Å². The molecule has 0 unspecified atom stereocenters. The van der Waals surface area contributed by atoms with Crippen LogP contribution in [0.5, 0.6) is 0 Å². The van der Waals surface area contributed by atoms with Crippen molar-refractivity contribution in [2.24, 2.45) is 0 Å². The Morgan fingerprint density at radius 3 is 2.69 bits per heavy atom. The third-order valence-electron chi connectivity index (χ3n) is 5.25. The highest BCUT2D eigenvalue weighted by Crippen LogP contribution is 2.33. The highest BCUT2D eigenvalue weighted by Gasteiger charge is 2.22. The molecule has 5 heteroatoms. The lowest BCUT2D eigenvalue weighted by molar-refractivity contribution is 0.0951. The topological polar surface area (TPSA) is 59.8 Å². The van der Waals surface area contributed by atoms with E-state index < -0.39 is 0 Å². The molecule has 3 aromatic rings. The van der Waals surface area contributed by atoms with Crippen LogP contribution in [0.3, 0.4) is 0 Å². The minimum absolute atomic E-state index is 0.0547. The van der Waals surface area contributed by atoms with E-state index in [2.05, 4.69) is 21.9 Å². The van der Waals surface area contributed by atoms with Gasteiger partial charge in [0.15, 0.2) is 0 Å². The van der Waals surface area contributed by atoms with Crippen LogP contribution < -0.4 is 5.32 Å². The summed E-state index contributed by atoms with van der Waals surface area (Å²) in [5.74, 6) is -0.0547. The van der Waals surface area contributed by atoms with Crippen LogP contribution in [-0.4, -0.2) is 20.7 Å². The van der Waals surface area contributed by atoms with Crippen LogP contribution in [0.15, 0.2) is 42.7 Å². The number of aryl methyl sites for hydroxylation is 1. The number of hydrogen-bond acceptors (Lipinski definition) is 3. The van der Waals surface area contributed by atoms with Crippen molar-refractivity contribution in [2.45, 2.75) is 51.6 Å². The van der Waals surface area contributed by atoms with E-state index in [0.29, 0.717) is 18.2 Å². The first-order chi connectivity index (χ1) is 12.8. The maximum absolute atomic E-state index is 12.6. The number of amides is 1. The Morgan fingerprint density at radius 2 is 1.96 bits per heavy atom. The molecule has 1 saturated carbocycles. The summed E-state index contributed by atoms with van der Waals surface area (Å²) in [5, 5.41) is 9.03. The molecule has 1 amide bonds. The summed E-state index contributed by atoms with van der Waals surface area (Å²) >= 11 is 0. The fourth-order valence-corrected chi connectivity index (χ4v) is 3.82. The smallest absolute Gasteiger partial charge is 0.251 e. The minimum Gasteiger partial charge on any atom is -0.348 e. The summed E-state index contributed by atoms with van der Waals surface area (Å²) in [6.07, 6.45) is 9.26. The first kappa shape index (κ1) is 16.8. The summed E-state index contributed by atoms with van der Waals surface area (Å²) < 4.78 is 2.17. The molecule has 2 heterocycles.